The molecule has 0 saturated carbocycles. The molecule has 0 atom stereocenters. The number of nitrogen functional groups attached to an aromatic ring is 1. The average molecular weight is 420 g/mol. The van der Waals surface area contributed by atoms with Gasteiger partial charge in [-0.15, -0.1) is 0 Å². The summed E-state index contributed by atoms with van der Waals surface area (Å²) in [6.45, 7) is 5.10. The molecule has 3 fully saturated rings. The Labute approximate surface area is 178 Å². The predicted molar refractivity (Wildman–Crippen MR) is 114 cm³/mol. The second kappa shape index (κ2) is 9.52. The van der Waals surface area contributed by atoms with Crippen LogP contribution < -0.4 is 10.5 Å². The maximum absolute atomic E-state index is 15.5. The van der Waals surface area contributed by atoms with Gasteiger partial charge in [0.1, 0.15) is 11.9 Å². The number of nitrogens with two attached hydrogens (primary N) is 1. The van der Waals surface area contributed by atoms with Gasteiger partial charge in [-0.05, 0) is 43.0 Å². The predicted octanol–water partition coefficient (Wildman–Crippen LogP) is 2.87. The van der Waals surface area contributed by atoms with E-state index in [0.29, 0.717) is 50.6 Å². The van der Waals surface area contributed by atoms with Crippen molar-refractivity contribution in [2.75, 3.05) is 51.7 Å². The zero-order chi connectivity index (χ0) is 21.0. The molecule has 0 unspecified atom stereocenters. The number of anilines is 1. The number of likely N-dealkylation sites (tertiary alicyclic amines) is 2. The lowest BCUT2D eigenvalue weighted by Gasteiger charge is -2.41. The molecule has 166 valence electrons. The van der Waals surface area contributed by atoms with Crippen molar-refractivity contribution in [1.82, 2.24) is 9.80 Å². The Morgan fingerprint density at radius 2 is 1.70 bits per heavy atom. The van der Waals surface area contributed by atoms with Crippen molar-refractivity contribution in [1.29, 1.82) is 0 Å². The van der Waals surface area contributed by atoms with E-state index >= 15 is 4.39 Å². The molecule has 0 radical (unpaired) electrons. The average Bonchev–Trinajstić information content (AvgIpc) is 2.78. The van der Waals surface area contributed by atoms with Gasteiger partial charge in [0.25, 0.3) is 5.91 Å². The van der Waals surface area contributed by atoms with Crippen LogP contribution in [0.1, 0.15) is 38.5 Å². The number of piperidine rings is 2. The quantitative estimate of drug-likeness (QED) is 0.744. The third-order valence-electron chi connectivity index (χ3n) is 6.80. The number of amides is 1. The van der Waals surface area contributed by atoms with E-state index < -0.39 is 5.67 Å². The summed E-state index contributed by atoms with van der Waals surface area (Å²) in [7, 11) is 0. The number of halogens is 1. The van der Waals surface area contributed by atoms with Crippen LogP contribution in [0.5, 0.6) is 5.75 Å². The van der Waals surface area contributed by atoms with Crippen LogP contribution in [-0.4, -0.2) is 73.4 Å². The van der Waals surface area contributed by atoms with Gasteiger partial charge in [-0.25, -0.2) is 4.39 Å². The van der Waals surface area contributed by atoms with Crippen molar-refractivity contribution < 1.29 is 18.7 Å². The second-order valence-electron chi connectivity index (χ2n) is 9.00. The van der Waals surface area contributed by atoms with E-state index in [9.17, 15) is 4.79 Å². The first kappa shape index (κ1) is 21.4. The summed E-state index contributed by atoms with van der Waals surface area (Å²) in [6, 6.07) is 7.35. The number of alkyl halides is 1. The zero-order valence-corrected chi connectivity index (χ0v) is 17.7. The number of carbonyl (C=O) groups excluding carboxylic acids is 1. The van der Waals surface area contributed by atoms with E-state index in [1.165, 1.54) is 0 Å². The minimum Gasteiger partial charge on any atom is -0.490 e. The largest absolute Gasteiger partial charge is 0.490 e. The smallest absolute Gasteiger partial charge is 0.260 e. The van der Waals surface area contributed by atoms with Gasteiger partial charge in [-0.3, -0.25) is 4.79 Å². The molecule has 1 aromatic rings. The third-order valence-corrected chi connectivity index (χ3v) is 6.80. The van der Waals surface area contributed by atoms with Crippen LogP contribution in [0.25, 0.3) is 0 Å². The molecule has 3 heterocycles. The van der Waals surface area contributed by atoms with Crippen molar-refractivity contribution in [2.45, 2.75) is 50.3 Å². The summed E-state index contributed by atoms with van der Waals surface area (Å²) in [6.07, 6.45) is 4.28. The van der Waals surface area contributed by atoms with Crippen LogP contribution in [0.3, 0.4) is 0 Å². The molecule has 30 heavy (non-hydrogen) atoms. The van der Waals surface area contributed by atoms with Crippen LogP contribution in [0.2, 0.25) is 0 Å². The number of rotatable bonds is 5. The lowest BCUT2D eigenvalue weighted by atomic mass is 9.89. The molecule has 7 heteroatoms. The minimum atomic E-state index is -1.71. The number of nitrogens with zero attached hydrogens (tertiary/aromatic N) is 2. The first-order chi connectivity index (χ1) is 14.5. The molecule has 0 aliphatic carbocycles. The molecule has 0 bridgehead atoms. The molecule has 0 aromatic heterocycles. The molecule has 3 saturated heterocycles. The molecular formula is C23H34FN3O3. The summed E-state index contributed by atoms with van der Waals surface area (Å²) in [5.41, 5.74) is 4.70. The van der Waals surface area contributed by atoms with Gasteiger partial charge in [-0.2, -0.15) is 0 Å². The van der Waals surface area contributed by atoms with Crippen molar-refractivity contribution >= 4 is 11.6 Å². The summed E-state index contributed by atoms with van der Waals surface area (Å²) < 4.78 is 26.9. The van der Waals surface area contributed by atoms with Crippen LogP contribution >= 0.6 is 0 Å². The monoisotopic (exact) mass is 419 g/mol. The molecule has 1 amide bonds. The molecular weight excluding hydrogens is 385 g/mol. The van der Waals surface area contributed by atoms with Gasteiger partial charge in [0.2, 0.25) is 0 Å². The number of carbonyl (C=O) groups is 1. The van der Waals surface area contributed by atoms with E-state index in [1.807, 2.05) is 24.3 Å². The highest BCUT2D eigenvalue weighted by Gasteiger charge is 2.45. The fraction of sp³-hybridized carbons (Fsp3) is 0.696. The topological polar surface area (TPSA) is 68.0 Å². The van der Waals surface area contributed by atoms with E-state index in [2.05, 4.69) is 4.90 Å². The third kappa shape index (κ3) is 5.24. The zero-order valence-electron chi connectivity index (χ0n) is 17.7. The normalized spacial score (nSPS) is 24.0. The van der Waals surface area contributed by atoms with Crippen molar-refractivity contribution in [3.8, 4) is 5.75 Å². The maximum atomic E-state index is 15.5. The number of hydrogen-bond donors (Lipinski definition) is 1. The fourth-order valence-corrected chi connectivity index (χ4v) is 4.80. The van der Waals surface area contributed by atoms with Crippen molar-refractivity contribution in [2.24, 2.45) is 5.92 Å². The van der Waals surface area contributed by atoms with Gasteiger partial charge in [0.15, 0.2) is 5.67 Å². The molecule has 6 nitrogen and oxygen atoms in total. The van der Waals surface area contributed by atoms with E-state index in [-0.39, 0.29) is 12.0 Å². The molecule has 3 aliphatic heterocycles. The first-order valence-corrected chi connectivity index (χ1v) is 11.3. The van der Waals surface area contributed by atoms with Gasteiger partial charge in [0.05, 0.1) is 0 Å². The van der Waals surface area contributed by atoms with Crippen molar-refractivity contribution in [3.63, 3.8) is 0 Å². The van der Waals surface area contributed by atoms with Gasteiger partial charge in [-0.1, -0.05) is 0 Å². The highest BCUT2D eigenvalue weighted by atomic mass is 19.1. The lowest BCUT2D eigenvalue weighted by Crippen LogP contribution is -2.55. The van der Waals surface area contributed by atoms with Crippen LogP contribution in [0.15, 0.2) is 24.3 Å². The molecule has 3 aliphatic rings. The number of ether oxygens (including phenoxy) is 2. The Bertz CT molecular complexity index is 692. The molecule has 0 spiro atoms. The summed E-state index contributed by atoms with van der Waals surface area (Å²) in [5.74, 6) is 1.11. The Hall–Kier alpha value is -1.86. The van der Waals surface area contributed by atoms with E-state index in [0.717, 1.165) is 51.2 Å². The standard InChI is InChI=1S/C23H34FN3O3/c24-23(9-13-26(14-10-23)17-18-7-15-29-16-8-18)22(28)27-11-5-21(6-12-27)30-20-3-1-19(25)2-4-20/h1-4,18,21H,5-17,25H2. The molecule has 2 N–H and O–H groups in total. The SMILES string of the molecule is Nc1ccc(OC2CCN(C(=O)C3(F)CCN(CC4CCOCC4)CC3)CC2)cc1. The number of hydrogen-bond acceptors (Lipinski definition) is 5. The Balaban J connectivity index is 1.22. The van der Waals surface area contributed by atoms with Crippen LogP contribution in [0, 0.1) is 5.92 Å². The highest BCUT2D eigenvalue weighted by Crippen LogP contribution is 2.31. The van der Waals surface area contributed by atoms with Gasteiger partial charge in [0, 0.05) is 77.3 Å². The summed E-state index contributed by atoms with van der Waals surface area (Å²) in [4.78, 5) is 17.0. The second-order valence-corrected chi connectivity index (χ2v) is 9.00. The minimum absolute atomic E-state index is 0.0505. The molecule has 1 aromatic carbocycles. The summed E-state index contributed by atoms with van der Waals surface area (Å²) >= 11 is 0. The van der Waals surface area contributed by atoms with E-state index in [1.54, 1.807) is 4.90 Å². The Morgan fingerprint density at radius 1 is 1.07 bits per heavy atom. The first-order valence-electron chi connectivity index (χ1n) is 11.3. The van der Waals surface area contributed by atoms with Gasteiger partial charge >= 0.3 is 0 Å². The Kier molecular flexibility index (Phi) is 6.78. The summed E-state index contributed by atoms with van der Waals surface area (Å²) in [5, 5.41) is 0. The van der Waals surface area contributed by atoms with E-state index in [4.69, 9.17) is 15.2 Å². The number of benzene rings is 1. The highest BCUT2D eigenvalue weighted by molar-refractivity contribution is 5.85. The van der Waals surface area contributed by atoms with Gasteiger partial charge < -0.3 is 25.0 Å². The van der Waals surface area contributed by atoms with Crippen molar-refractivity contribution in [3.05, 3.63) is 24.3 Å². The fourth-order valence-electron chi connectivity index (χ4n) is 4.80. The Morgan fingerprint density at radius 3 is 2.33 bits per heavy atom. The van der Waals surface area contributed by atoms with Crippen LogP contribution in [-0.2, 0) is 9.53 Å². The van der Waals surface area contributed by atoms with Crippen LogP contribution in [0.4, 0.5) is 10.1 Å². The molecule has 4 rings (SSSR count). The maximum Gasteiger partial charge on any atom is 0.260 e. The lowest BCUT2D eigenvalue weighted by molar-refractivity contribution is -0.149.